The fourth-order valence-corrected chi connectivity index (χ4v) is 4.21. The standard InChI is InChI=1S/C17H24N4O4S/c1-11(15-18-9-13(26-15)16(23)24)19-14(22)12-5-4-8-21(10-12)17(25)20-6-2-3-7-20/h9,11-12H,2-8,10H2,1H3,(H,19,22)(H,23,24). The van der Waals surface area contributed by atoms with Gasteiger partial charge in [-0.25, -0.2) is 14.6 Å². The van der Waals surface area contributed by atoms with Gasteiger partial charge in [0.2, 0.25) is 5.91 Å². The van der Waals surface area contributed by atoms with Crippen LogP contribution in [0.3, 0.4) is 0 Å². The molecule has 0 saturated carbocycles. The topological polar surface area (TPSA) is 103 Å². The monoisotopic (exact) mass is 380 g/mol. The number of carboxylic acid groups (broad SMARTS) is 1. The van der Waals surface area contributed by atoms with Crippen molar-refractivity contribution < 1.29 is 19.5 Å². The summed E-state index contributed by atoms with van der Waals surface area (Å²) in [6.45, 7) is 4.53. The lowest BCUT2D eigenvalue weighted by atomic mass is 9.97. The van der Waals surface area contributed by atoms with Gasteiger partial charge in [0.05, 0.1) is 18.2 Å². The number of piperidine rings is 1. The van der Waals surface area contributed by atoms with Gasteiger partial charge in [-0.2, -0.15) is 0 Å². The van der Waals surface area contributed by atoms with Crippen LogP contribution in [-0.4, -0.2) is 64.0 Å². The summed E-state index contributed by atoms with van der Waals surface area (Å²) >= 11 is 1.06. The summed E-state index contributed by atoms with van der Waals surface area (Å²) in [5.41, 5.74) is 0. The molecule has 9 heteroatoms. The Bertz CT molecular complexity index is 686. The molecule has 3 amide bonds. The molecule has 2 saturated heterocycles. The molecule has 2 atom stereocenters. The van der Waals surface area contributed by atoms with E-state index in [-0.39, 0.29) is 28.8 Å². The van der Waals surface area contributed by atoms with Crippen molar-refractivity contribution in [2.24, 2.45) is 5.92 Å². The van der Waals surface area contributed by atoms with Crippen molar-refractivity contribution in [1.82, 2.24) is 20.1 Å². The highest BCUT2D eigenvalue weighted by Crippen LogP contribution is 2.23. The predicted octanol–water partition coefficient (Wildman–Crippen LogP) is 1.95. The molecule has 2 aliphatic heterocycles. The van der Waals surface area contributed by atoms with Gasteiger partial charge in [-0.3, -0.25) is 4.79 Å². The summed E-state index contributed by atoms with van der Waals surface area (Å²) in [6, 6.07) is -0.315. The molecular weight excluding hydrogens is 356 g/mol. The lowest BCUT2D eigenvalue weighted by molar-refractivity contribution is -0.127. The number of nitrogens with one attached hydrogen (secondary N) is 1. The Kier molecular flexibility index (Phi) is 5.75. The Labute approximate surface area is 156 Å². The lowest BCUT2D eigenvalue weighted by Crippen LogP contribution is -2.49. The van der Waals surface area contributed by atoms with E-state index in [0.29, 0.717) is 18.1 Å². The number of urea groups is 1. The first kappa shape index (κ1) is 18.6. The Hall–Kier alpha value is -2.16. The van der Waals surface area contributed by atoms with Crippen LogP contribution in [0.15, 0.2) is 6.20 Å². The van der Waals surface area contributed by atoms with E-state index >= 15 is 0 Å². The lowest BCUT2D eigenvalue weighted by Gasteiger charge is -2.35. The largest absolute Gasteiger partial charge is 0.477 e. The van der Waals surface area contributed by atoms with Gasteiger partial charge in [0, 0.05) is 26.2 Å². The maximum atomic E-state index is 12.6. The first-order valence-electron chi connectivity index (χ1n) is 8.99. The third-order valence-corrected chi connectivity index (χ3v) is 6.07. The van der Waals surface area contributed by atoms with E-state index in [1.54, 1.807) is 11.8 Å². The summed E-state index contributed by atoms with van der Waals surface area (Å²) in [4.78, 5) is 44.0. The summed E-state index contributed by atoms with van der Waals surface area (Å²) in [6.07, 6.45) is 4.97. The molecule has 1 aromatic heterocycles. The Balaban J connectivity index is 1.56. The van der Waals surface area contributed by atoms with Gasteiger partial charge in [-0.1, -0.05) is 0 Å². The Morgan fingerprint density at radius 2 is 1.92 bits per heavy atom. The highest BCUT2D eigenvalue weighted by Gasteiger charge is 2.32. The number of aromatic carboxylic acids is 1. The van der Waals surface area contributed by atoms with Crippen LogP contribution in [0.25, 0.3) is 0 Å². The zero-order valence-electron chi connectivity index (χ0n) is 14.8. The number of carboxylic acids is 1. The van der Waals surface area contributed by atoms with Crippen molar-refractivity contribution in [2.45, 2.75) is 38.6 Å². The number of hydrogen-bond donors (Lipinski definition) is 2. The molecule has 142 valence electrons. The normalized spacial score (nSPS) is 21.5. The minimum Gasteiger partial charge on any atom is -0.477 e. The SMILES string of the molecule is CC(NC(=O)C1CCCN(C(=O)N2CCCC2)C1)c1ncc(C(=O)O)s1. The van der Waals surface area contributed by atoms with Gasteiger partial charge in [0.1, 0.15) is 9.88 Å². The zero-order valence-corrected chi connectivity index (χ0v) is 15.6. The van der Waals surface area contributed by atoms with Crippen molar-refractivity contribution in [1.29, 1.82) is 0 Å². The number of likely N-dealkylation sites (tertiary alicyclic amines) is 2. The van der Waals surface area contributed by atoms with Crippen molar-refractivity contribution in [3.63, 3.8) is 0 Å². The third kappa shape index (κ3) is 4.14. The number of thiazole rings is 1. The summed E-state index contributed by atoms with van der Waals surface area (Å²) in [7, 11) is 0. The van der Waals surface area contributed by atoms with Crippen LogP contribution in [0.1, 0.15) is 53.3 Å². The molecule has 1 aromatic rings. The van der Waals surface area contributed by atoms with Gasteiger partial charge >= 0.3 is 12.0 Å². The molecule has 0 radical (unpaired) electrons. The number of carbonyl (C=O) groups is 3. The average molecular weight is 380 g/mol. The van der Waals surface area contributed by atoms with E-state index in [0.717, 1.165) is 50.1 Å². The maximum absolute atomic E-state index is 12.6. The minimum absolute atomic E-state index is 0.0408. The van der Waals surface area contributed by atoms with Crippen molar-refractivity contribution >= 4 is 29.2 Å². The maximum Gasteiger partial charge on any atom is 0.347 e. The van der Waals surface area contributed by atoms with E-state index in [1.807, 2.05) is 4.90 Å². The van der Waals surface area contributed by atoms with Crippen LogP contribution in [0.5, 0.6) is 0 Å². The summed E-state index contributed by atoms with van der Waals surface area (Å²) in [5, 5.41) is 12.5. The molecule has 3 heterocycles. The number of aromatic nitrogens is 1. The molecule has 2 fully saturated rings. The van der Waals surface area contributed by atoms with Crippen LogP contribution in [0, 0.1) is 5.92 Å². The minimum atomic E-state index is -1.02. The second-order valence-electron chi connectivity index (χ2n) is 6.86. The third-order valence-electron chi connectivity index (χ3n) is 4.90. The number of nitrogens with zero attached hydrogens (tertiary/aromatic N) is 3. The highest BCUT2D eigenvalue weighted by molar-refractivity contribution is 7.13. The van der Waals surface area contributed by atoms with Crippen LogP contribution in [-0.2, 0) is 4.79 Å². The fraction of sp³-hybridized carbons (Fsp3) is 0.647. The molecule has 2 N–H and O–H groups in total. The quantitative estimate of drug-likeness (QED) is 0.831. The van der Waals surface area contributed by atoms with Gasteiger partial charge in [-0.05, 0) is 32.6 Å². The number of amides is 3. The first-order valence-corrected chi connectivity index (χ1v) is 9.80. The van der Waals surface area contributed by atoms with E-state index in [2.05, 4.69) is 10.3 Å². The van der Waals surface area contributed by atoms with Crippen LogP contribution >= 0.6 is 11.3 Å². The van der Waals surface area contributed by atoms with Crippen LogP contribution < -0.4 is 5.32 Å². The molecule has 2 aliphatic rings. The number of hydrogen-bond acceptors (Lipinski definition) is 5. The molecule has 26 heavy (non-hydrogen) atoms. The van der Waals surface area contributed by atoms with Crippen LogP contribution in [0.4, 0.5) is 4.79 Å². The van der Waals surface area contributed by atoms with E-state index in [9.17, 15) is 14.4 Å². The molecule has 8 nitrogen and oxygen atoms in total. The predicted molar refractivity (Wildman–Crippen MR) is 96.1 cm³/mol. The summed E-state index contributed by atoms with van der Waals surface area (Å²) < 4.78 is 0. The second kappa shape index (κ2) is 8.03. The fourth-order valence-electron chi connectivity index (χ4n) is 3.45. The molecule has 0 bridgehead atoms. The Morgan fingerprint density at radius 3 is 2.58 bits per heavy atom. The van der Waals surface area contributed by atoms with Gasteiger partial charge in [-0.15, -0.1) is 11.3 Å². The van der Waals surface area contributed by atoms with E-state index in [1.165, 1.54) is 6.20 Å². The molecule has 3 rings (SSSR count). The second-order valence-corrected chi connectivity index (χ2v) is 7.92. The Morgan fingerprint density at radius 1 is 1.23 bits per heavy atom. The molecular formula is C17H24N4O4S. The van der Waals surface area contributed by atoms with Crippen molar-refractivity contribution in [3.8, 4) is 0 Å². The van der Waals surface area contributed by atoms with Crippen LogP contribution in [0.2, 0.25) is 0 Å². The molecule has 0 aliphatic carbocycles. The first-order chi connectivity index (χ1) is 12.5. The van der Waals surface area contributed by atoms with Gasteiger partial charge in [0.15, 0.2) is 0 Å². The molecule has 2 unspecified atom stereocenters. The van der Waals surface area contributed by atoms with Crippen molar-refractivity contribution in [3.05, 3.63) is 16.1 Å². The molecule has 0 aromatic carbocycles. The number of rotatable bonds is 4. The smallest absolute Gasteiger partial charge is 0.347 e. The summed E-state index contributed by atoms with van der Waals surface area (Å²) in [5.74, 6) is -1.37. The van der Waals surface area contributed by atoms with E-state index in [4.69, 9.17) is 5.11 Å². The average Bonchev–Trinajstić information content (AvgIpc) is 3.33. The van der Waals surface area contributed by atoms with Gasteiger partial charge in [0.25, 0.3) is 0 Å². The van der Waals surface area contributed by atoms with Gasteiger partial charge < -0.3 is 20.2 Å². The zero-order chi connectivity index (χ0) is 18.7. The highest BCUT2D eigenvalue weighted by atomic mass is 32.1. The van der Waals surface area contributed by atoms with E-state index < -0.39 is 5.97 Å². The number of carbonyl (C=O) groups excluding carboxylic acids is 2. The van der Waals surface area contributed by atoms with Crippen molar-refractivity contribution in [2.75, 3.05) is 26.2 Å². The molecule has 0 spiro atoms.